The first-order chi connectivity index (χ1) is 15.5. The predicted octanol–water partition coefficient (Wildman–Crippen LogP) is 4.55. The Hall–Kier alpha value is -2.62. The van der Waals surface area contributed by atoms with Crippen LogP contribution in [0.5, 0.6) is 0 Å². The summed E-state index contributed by atoms with van der Waals surface area (Å²) in [4.78, 5) is 25.9. The number of anilines is 1. The van der Waals surface area contributed by atoms with Crippen molar-refractivity contribution < 1.29 is 9.59 Å². The lowest BCUT2D eigenvalue weighted by atomic mass is 9.95. The molecule has 4 rings (SSSR count). The van der Waals surface area contributed by atoms with Crippen LogP contribution in [-0.2, 0) is 24.2 Å². The van der Waals surface area contributed by atoms with E-state index in [-0.39, 0.29) is 11.7 Å². The van der Waals surface area contributed by atoms with Crippen molar-refractivity contribution in [3.05, 3.63) is 57.9 Å². The molecule has 166 valence electrons. The van der Waals surface area contributed by atoms with E-state index >= 15 is 0 Å². The summed E-state index contributed by atoms with van der Waals surface area (Å²) in [6, 6.07) is 7.33. The van der Waals surface area contributed by atoms with Crippen LogP contribution in [0.25, 0.3) is 11.4 Å². The molecule has 1 aliphatic carbocycles. The molecule has 1 aromatic carbocycles. The molecule has 32 heavy (non-hydrogen) atoms. The fraction of sp³-hybridized carbons (Fsp3) is 0.273. The van der Waals surface area contributed by atoms with Gasteiger partial charge in [-0.05, 0) is 55.5 Å². The van der Waals surface area contributed by atoms with Crippen LogP contribution in [0.1, 0.15) is 33.6 Å². The lowest BCUT2D eigenvalue weighted by Gasteiger charge is -2.11. The summed E-state index contributed by atoms with van der Waals surface area (Å²) in [5.41, 5.74) is 7.94. The number of amides is 2. The van der Waals surface area contributed by atoms with E-state index in [2.05, 4.69) is 22.1 Å². The fourth-order valence-corrected chi connectivity index (χ4v) is 5.89. The topological polar surface area (TPSA) is 103 Å². The van der Waals surface area contributed by atoms with Crippen molar-refractivity contribution in [2.45, 2.75) is 37.4 Å². The zero-order valence-corrected chi connectivity index (χ0v) is 19.7. The number of halogens is 1. The van der Waals surface area contributed by atoms with Crippen molar-refractivity contribution in [2.24, 2.45) is 5.73 Å². The van der Waals surface area contributed by atoms with E-state index in [4.69, 9.17) is 17.3 Å². The van der Waals surface area contributed by atoms with Gasteiger partial charge in [0, 0.05) is 22.0 Å². The molecule has 0 radical (unpaired) electrons. The monoisotopic (exact) mass is 487 g/mol. The van der Waals surface area contributed by atoms with Gasteiger partial charge in [0.1, 0.15) is 5.00 Å². The molecular formula is C22H22ClN5O2S2. The van der Waals surface area contributed by atoms with Gasteiger partial charge in [-0.3, -0.25) is 14.2 Å². The van der Waals surface area contributed by atoms with Crippen LogP contribution in [-0.4, -0.2) is 32.3 Å². The van der Waals surface area contributed by atoms with E-state index in [1.807, 2.05) is 16.7 Å². The average molecular weight is 488 g/mol. The second-order valence-electron chi connectivity index (χ2n) is 7.33. The van der Waals surface area contributed by atoms with Gasteiger partial charge in [-0.15, -0.1) is 28.1 Å². The summed E-state index contributed by atoms with van der Waals surface area (Å²) >= 11 is 8.71. The molecule has 2 amide bonds. The largest absolute Gasteiger partial charge is 0.365 e. The van der Waals surface area contributed by atoms with Crippen molar-refractivity contribution in [2.75, 3.05) is 11.1 Å². The molecule has 0 spiro atoms. The number of allylic oxidation sites excluding steroid dienone is 1. The highest BCUT2D eigenvalue weighted by atomic mass is 35.5. The standard InChI is InChI=1S/C22H22ClN5O2S2/c1-2-11-28-20(13-7-9-14(23)10-8-13)26-27-22(28)31-12-17(29)25-21-18(19(24)30)15-5-3-4-6-16(15)32-21/h2,7-10H,1,3-6,11-12H2,(H2,24,30)(H,25,29). The Morgan fingerprint density at radius 2 is 2.00 bits per heavy atom. The first kappa shape index (κ1) is 22.6. The SMILES string of the molecule is C=CCn1c(SCC(=O)Nc2sc3c(c2C(N)=O)CCCC3)nnc1-c1ccc(Cl)cc1. The number of carbonyl (C=O) groups excluding carboxylic acids is 2. The smallest absolute Gasteiger partial charge is 0.251 e. The van der Waals surface area contributed by atoms with E-state index in [0.29, 0.717) is 33.1 Å². The number of aromatic nitrogens is 3. The molecular weight excluding hydrogens is 466 g/mol. The van der Waals surface area contributed by atoms with Crippen molar-refractivity contribution in [1.82, 2.24) is 14.8 Å². The zero-order valence-electron chi connectivity index (χ0n) is 17.3. The fourth-order valence-electron chi connectivity index (χ4n) is 3.71. The van der Waals surface area contributed by atoms with Crippen LogP contribution >= 0.6 is 34.7 Å². The van der Waals surface area contributed by atoms with E-state index in [1.54, 1.807) is 18.2 Å². The molecule has 1 aliphatic rings. The van der Waals surface area contributed by atoms with Crippen molar-refractivity contribution in [3.8, 4) is 11.4 Å². The maximum Gasteiger partial charge on any atom is 0.251 e. The Bertz CT molecular complexity index is 1170. The van der Waals surface area contributed by atoms with Gasteiger partial charge < -0.3 is 11.1 Å². The lowest BCUT2D eigenvalue weighted by Crippen LogP contribution is -2.19. The summed E-state index contributed by atoms with van der Waals surface area (Å²) < 4.78 is 1.90. The molecule has 0 saturated heterocycles. The molecule has 0 unspecified atom stereocenters. The number of aryl methyl sites for hydroxylation is 1. The average Bonchev–Trinajstić information content (AvgIpc) is 3.34. The van der Waals surface area contributed by atoms with Crippen LogP contribution in [0.4, 0.5) is 5.00 Å². The van der Waals surface area contributed by atoms with Gasteiger partial charge in [-0.1, -0.05) is 29.4 Å². The molecule has 2 heterocycles. The number of hydrogen-bond donors (Lipinski definition) is 2. The maximum atomic E-state index is 12.7. The zero-order chi connectivity index (χ0) is 22.7. The predicted molar refractivity (Wildman–Crippen MR) is 129 cm³/mol. The second kappa shape index (κ2) is 9.89. The van der Waals surface area contributed by atoms with Crippen molar-refractivity contribution >= 4 is 51.5 Å². The lowest BCUT2D eigenvalue weighted by molar-refractivity contribution is -0.113. The molecule has 10 heteroatoms. The Morgan fingerprint density at radius 1 is 1.25 bits per heavy atom. The molecule has 0 bridgehead atoms. The van der Waals surface area contributed by atoms with Gasteiger partial charge in [0.15, 0.2) is 11.0 Å². The van der Waals surface area contributed by atoms with Crippen LogP contribution in [0.15, 0.2) is 42.1 Å². The van der Waals surface area contributed by atoms with Gasteiger partial charge >= 0.3 is 0 Å². The van der Waals surface area contributed by atoms with Crippen LogP contribution in [0.3, 0.4) is 0 Å². The number of hydrogen-bond acceptors (Lipinski definition) is 6. The van der Waals surface area contributed by atoms with Crippen LogP contribution in [0.2, 0.25) is 5.02 Å². The van der Waals surface area contributed by atoms with E-state index < -0.39 is 5.91 Å². The first-order valence-electron chi connectivity index (χ1n) is 10.1. The minimum atomic E-state index is -0.495. The van der Waals surface area contributed by atoms with Gasteiger partial charge in [-0.25, -0.2) is 0 Å². The summed E-state index contributed by atoms with van der Waals surface area (Å²) in [5.74, 6) is 0.0748. The molecule has 3 N–H and O–H groups in total. The van der Waals surface area contributed by atoms with Gasteiger partial charge in [0.2, 0.25) is 5.91 Å². The third kappa shape index (κ3) is 4.74. The number of rotatable bonds is 8. The van der Waals surface area contributed by atoms with Crippen LogP contribution in [0, 0.1) is 0 Å². The number of carbonyl (C=O) groups is 2. The Kier molecular flexibility index (Phi) is 6.98. The first-order valence-corrected chi connectivity index (χ1v) is 12.3. The number of nitrogens with zero attached hydrogens (tertiary/aromatic N) is 3. The number of thioether (sulfide) groups is 1. The summed E-state index contributed by atoms with van der Waals surface area (Å²) in [5, 5.41) is 13.2. The molecule has 0 fully saturated rings. The third-order valence-electron chi connectivity index (χ3n) is 5.13. The highest BCUT2D eigenvalue weighted by Gasteiger charge is 2.25. The van der Waals surface area contributed by atoms with Gasteiger partial charge in [0.05, 0.1) is 11.3 Å². The highest BCUT2D eigenvalue weighted by Crippen LogP contribution is 2.38. The number of benzene rings is 1. The van der Waals surface area contributed by atoms with E-state index in [1.165, 1.54) is 23.1 Å². The van der Waals surface area contributed by atoms with Gasteiger partial charge in [-0.2, -0.15) is 0 Å². The number of nitrogens with one attached hydrogen (secondary N) is 1. The van der Waals surface area contributed by atoms with E-state index in [0.717, 1.165) is 41.7 Å². The molecule has 2 aromatic heterocycles. The summed E-state index contributed by atoms with van der Waals surface area (Å²) in [6.07, 6.45) is 5.62. The normalized spacial score (nSPS) is 12.9. The summed E-state index contributed by atoms with van der Waals surface area (Å²) in [7, 11) is 0. The minimum absolute atomic E-state index is 0.122. The minimum Gasteiger partial charge on any atom is -0.365 e. The Labute approximate surface area is 199 Å². The third-order valence-corrected chi connectivity index (χ3v) is 7.56. The summed E-state index contributed by atoms with van der Waals surface area (Å²) in [6.45, 7) is 4.30. The molecule has 0 aliphatic heterocycles. The maximum absolute atomic E-state index is 12.7. The van der Waals surface area contributed by atoms with Crippen molar-refractivity contribution in [3.63, 3.8) is 0 Å². The Balaban J connectivity index is 1.49. The number of primary amides is 1. The number of fused-ring (bicyclic) bond motifs is 1. The highest BCUT2D eigenvalue weighted by molar-refractivity contribution is 7.99. The number of nitrogens with two attached hydrogens (primary N) is 1. The molecule has 0 saturated carbocycles. The number of thiophene rings is 1. The molecule has 3 aromatic rings. The van der Waals surface area contributed by atoms with Crippen molar-refractivity contribution in [1.29, 1.82) is 0 Å². The van der Waals surface area contributed by atoms with E-state index in [9.17, 15) is 9.59 Å². The molecule has 7 nitrogen and oxygen atoms in total. The quantitative estimate of drug-likeness (QED) is 0.358. The Morgan fingerprint density at radius 3 is 2.72 bits per heavy atom. The van der Waals surface area contributed by atoms with Gasteiger partial charge in [0.25, 0.3) is 5.91 Å². The molecule has 0 atom stereocenters. The second-order valence-corrected chi connectivity index (χ2v) is 9.81. The van der Waals surface area contributed by atoms with Crippen LogP contribution < -0.4 is 11.1 Å².